The van der Waals surface area contributed by atoms with Crippen LogP contribution in [0.4, 0.5) is 11.4 Å². The molecule has 3 aromatic carbocycles. The fraction of sp³-hybridized carbons (Fsp3) is 0.208. The first kappa shape index (κ1) is 23.1. The van der Waals surface area contributed by atoms with Crippen molar-refractivity contribution in [2.75, 3.05) is 30.4 Å². The predicted octanol–water partition coefficient (Wildman–Crippen LogP) is 4.15. The van der Waals surface area contributed by atoms with Crippen LogP contribution >= 0.6 is 0 Å². The second-order valence-corrected chi connectivity index (χ2v) is 9.09. The van der Waals surface area contributed by atoms with Crippen LogP contribution in [0.15, 0.2) is 71.6 Å². The number of rotatable bonds is 8. The summed E-state index contributed by atoms with van der Waals surface area (Å²) in [5.74, 6) is 0.340. The topological polar surface area (TPSA) is 84.9 Å². The number of amides is 1. The highest BCUT2D eigenvalue weighted by Gasteiger charge is 2.28. The monoisotopic (exact) mass is 454 g/mol. The van der Waals surface area contributed by atoms with Crippen molar-refractivity contribution in [2.45, 2.75) is 18.7 Å². The Morgan fingerprint density at radius 2 is 1.59 bits per heavy atom. The van der Waals surface area contributed by atoms with Gasteiger partial charge in [0.05, 0.1) is 24.8 Å². The van der Waals surface area contributed by atoms with Crippen molar-refractivity contribution < 1.29 is 22.7 Å². The number of aryl methyl sites for hydroxylation is 2. The molecule has 0 aliphatic heterocycles. The number of sulfonamides is 1. The average molecular weight is 455 g/mol. The van der Waals surface area contributed by atoms with E-state index >= 15 is 0 Å². The van der Waals surface area contributed by atoms with E-state index in [1.165, 1.54) is 32.4 Å². The van der Waals surface area contributed by atoms with E-state index < -0.39 is 22.5 Å². The van der Waals surface area contributed by atoms with Gasteiger partial charge in [-0.25, -0.2) is 8.42 Å². The number of carbonyl (C=O) groups is 1. The maximum absolute atomic E-state index is 13.5. The first-order valence-electron chi connectivity index (χ1n) is 9.93. The quantitative estimate of drug-likeness (QED) is 0.553. The van der Waals surface area contributed by atoms with Crippen molar-refractivity contribution in [3.63, 3.8) is 0 Å². The van der Waals surface area contributed by atoms with Gasteiger partial charge in [-0.1, -0.05) is 35.9 Å². The number of hydrogen-bond acceptors (Lipinski definition) is 5. The van der Waals surface area contributed by atoms with Gasteiger partial charge < -0.3 is 14.8 Å². The highest BCUT2D eigenvalue weighted by molar-refractivity contribution is 7.92. The van der Waals surface area contributed by atoms with Gasteiger partial charge in [-0.2, -0.15) is 0 Å². The van der Waals surface area contributed by atoms with Crippen LogP contribution in [-0.4, -0.2) is 35.1 Å². The maximum Gasteiger partial charge on any atom is 0.264 e. The number of nitrogens with zero attached hydrogens (tertiary/aromatic N) is 1. The van der Waals surface area contributed by atoms with Crippen molar-refractivity contribution in [3.8, 4) is 11.5 Å². The third-order valence-electron chi connectivity index (χ3n) is 4.93. The average Bonchev–Trinajstić information content (AvgIpc) is 2.79. The highest BCUT2D eigenvalue weighted by Crippen LogP contribution is 2.33. The number of ether oxygens (including phenoxy) is 2. The molecule has 3 aromatic rings. The molecule has 0 atom stereocenters. The SMILES string of the molecule is COc1ccc(N(CC(=O)Nc2ccc(C)cc2C)S(=O)(=O)c2ccccc2)cc1OC. The lowest BCUT2D eigenvalue weighted by molar-refractivity contribution is -0.114. The molecule has 0 unspecified atom stereocenters. The van der Waals surface area contributed by atoms with Crippen LogP contribution in [0.1, 0.15) is 11.1 Å². The molecule has 1 amide bonds. The van der Waals surface area contributed by atoms with Crippen molar-refractivity contribution in [3.05, 3.63) is 77.9 Å². The lowest BCUT2D eigenvalue weighted by atomic mass is 10.1. The van der Waals surface area contributed by atoms with Crippen LogP contribution in [0.3, 0.4) is 0 Å². The number of methoxy groups -OCH3 is 2. The van der Waals surface area contributed by atoms with Gasteiger partial charge in [0.25, 0.3) is 10.0 Å². The highest BCUT2D eigenvalue weighted by atomic mass is 32.2. The fourth-order valence-corrected chi connectivity index (χ4v) is 4.72. The van der Waals surface area contributed by atoms with Gasteiger partial charge in [0.1, 0.15) is 6.54 Å². The molecule has 168 valence electrons. The standard InChI is InChI=1S/C24H26N2O5S/c1-17-10-12-21(18(2)14-17)25-24(27)16-26(32(28,29)20-8-6-5-7-9-20)19-11-13-22(30-3)23(15-19)31-4/h5-15H,16H2,1-4H3,(H,25,27). The van der Waals surface area contributed by atoms with Crippen LogP contribution in [-0.2, 0) is 14.8 Å². The van der Waals surface area contributed by atoms with Crippen LogP contribution in [0.2, 0.25) is 0 Å². The van der Waals surface area contributed by atoms with Crippen molar-refractivity contribution >= 4 is 27.3 Å². The summed E-state index contributed by atoms with van der Waals surface area (Å²) in [6.07, 6.45) is 0. The molecule has 32 heavy (non-hydrogen) atoms. The van der Waals surface area contributed by atoms with Crippen molar-refractivity contribution in [2.24, 2.45) is 0 Å². The van der Waals surface area contributed by atoms with Crippen molar-refractivity contribution in [1.29, 1.82) is 0 Å². The van der Waals surface area contributed by atoms with Crippen LogP contribution in [0.5, 0.6) is 11.5 Å². The molecule has 0 radical (unpaired) electrons. The minimum Gasteiger partial charge on any atom is -0.493 e. The Morgan fingerprint density at radius 3 is 2.22 bits per heavy atom. The third kappa shape index (κ3) is 5.03. The molecule has 7 nitrogen and oxygen atoms in total. The lowest BCUT2D eigenvalue weighted by Crippen LogP contribution is -2.38. The molecule has 0 saturated carbocycles. The zero-order valence-electron chi connectivity index (χ0n) is 18.5. The van der Waals surface area contributed by atoms with E-state index in [9.17, 15) is 13.2 Å². The Morgan fingerprint density at radius 1 is 0.906 bits per heavy atom. The van der Waals surface area contributed by atoms with Crippen molar-refractivity contribution in [1.82, 2.24) is 0 Å². The van der Waals surface area contributed by atoms with E-state index in [0.717, 1.165) is 15.4 Å². The largest absolute Gasteiger partial charge is 0.493 e. The summed E-state index contributed by atoms with van der Waals surface area (Å²) in [7, 11) is -1.07. The molecule has 0 bridgehead atoms. The molecule has 1 N–H and O–H groups in total. The van der Waals surface area contributed by atoms with Crippen LogP contribution < -0.4 is 19.1 Å². The summed E-state index contributed by atoms with van der Waals surface area (Å²) in [5.41, 5.74) is 2.87. The summed E-state index contributed by atoms with van der Waals surface area (Å²) in [6.45, 7) is 3.43. The van der Waals surface area contributed by atoms with Gasteiger partial charge in [-0.15, -0.1) is 0 Å². The van der Waals surface area contributed by atoms with Gasteiger partial charge in [0, 0.05) is 11.8 Å². The van der Waals surface area contributed by atoms with E-state index in [1.54, 1.807) is 36.4 Å². The predicted molar refractivity (Wildman–Crippen MR) is 125 cm³/mol. The van der Waals surface area contributed by atoms with Crippen LogP contribution in [0.25, 0.3) is 0 Å². The molecule has 0 aliphatic rings. The van der Waals surface area contributed by atoms with E-state index in [4.69, 9.17) is 9.47 Å². The first-order chi connectivity index (χ1) is 15.3. The molecule has 3 rings (SSSR count). The number of carbonyl (C=O) groups excluding carboxylic acids is 1. The smallest absolute Gasteiger partial charge is 0.264 e. The summed E-state index contributed by atoms with van der Waals surface area (Å²) in [5, 5.41) is 2.81. The summed E-state index contributed by atoms with van der Waals surface area (Å²) >= 11 is 0. The first-order valence-corrected chi connectivity index (χ1v) is 11.4. The molecular weight excluding hydrogens is 428 g/mol. The molecule has 0 aromatic heterocycles. The summed E-state index contributed by atoms with van der Waals surface area (Å²) < 4.78 is 38.6. The summed E-state index contributed by atoms with van der Waals surface area (Å²) in [4.78, 5) is 13.0. The Bertz CT molecular complexity index is 1210. The summed E-state index contributed by atoms with van der Waals surface area (Å²) in [6, 6.07) is 18.3. The normalized spacial score (nSPS) is 11.0. The molecule has 0 spiro atoms. The van der Waals surface area contributed by atoms with Gasteiger partial charge in [0.2, 0.25) is 5.91 Å². The van der Waals surface area contributed by atoms with E-state index in [2.05, 4.69) is 5.32 Å². The second kappa shape index (κ2) is 9.74. The number of nitrogens with one attached hydrogen (secondary N) is 1. The zero-order chi connectivity index (χ0) is 23.3. The van der Waals surface area contributed by atoms with Gasteiger partial charge in [-0.05, 0) is 49.7 Å². The molecule has 0 heterocycles. The molecule has 0 saturated heterocycles. The third-order valence-corrected chi connectivity index (χ3v) is 6.72. The minimum absolute atomic E-state index is 0.0779. The zero-order valence-corrected chi connectivity index (χ0v) is 19.3. The van der Waals surface area contributed by atoms with Gasteiger partial charge >= 0.3 is 0 Å². The molecule has 0 fully saturated rings. The number of benzene rings is 3. The molecular formula is C24H26N2O5S. The molecule has 0 aliphatic carbocycles. The maximum atomic E-state index is 13.5. The van der Waals surface area contributed by atoms with Gasteiger partial charge in [0.15, 0.2) is 11.5 Å². The van der Waals surface area contributed by atoms with E-state index in [1.807, 2.05) is 26.0 Å². The second-order valence-electron chi connectivity index (χ2n) is 7.23. The number of hydrogen-bond donors (Lipinski definition) is 1. The van der Waals surface area contributed by atoms with Crippen LogP contribution in [0, 0.1) is 13.8 Å². The Hall–Kier alpha value is -3.52. The Kier molecular flexibility index (Phi) is 7.05. The molecule has 8 heteroatoms. The number of anilines is 2. The van der Waals surface area contributed by atoms with E-state index in [0.29, 0.717) is 17.2 Å². The fourth-order valence-electron chi connectivity index (χ4n) is 3.29. The Labute approximate surface area is 188 Å². The van der Waals surface area contributed by atoms with E-state index in [-0.39, 0.29) is 10.6 Å². The minimum atomic E-state index is -4.03. The lowest BCUT2D eigenvalue weighted by Gasteiger charge is -2.25. The Balaban J connectivity index is 2.00. The van der Waals surface area contributed by atoms with Gasteiger partial charge in [-0.3, -0.25) is 9.10 Å².